The maximum Gasteiger partial charge on any atom is 0.343 e. The van der Waals surface area contributed by atoms with Crippen LogP contribution in [0.3, 0.4) is 0 Å². The number of fused-ring (bicyclic) bond motifs is 5. The third kappa shape index (κ3) is 6.90. The number of nitrogen functional groups attached to an aromatic ring is 2. The third-order valence-electron chi connectivity index (χ3n) is 14.2. The fraction of sp³-hybridized carbons (Fsp3) is 0.628. The number of benzene rings is 2. The molecular formula is C43H60N2O4. The van der Waals surface area contributed by atoms with Gasteiger partial charge in [-0.15, -0.1) is 0 Å². The summed E-state index contributed by atoms with van der Waals surface area (Å²) >= 11 is 0. The van der Waals surface area contributed by atoms with Gasteiger partial charge in [0.2, 0.25) is 0 Å². The molecule has 6 heteroatoms. The molecule has 4 fully saturated rings. The molecule has 49 heavy (non-hydrogen) atoms. The minimum absolute atomic E-state index is 0.0708. The average molecular weight is 669 g/mol. The van der Waals surface area contributed by atoms with Gasteiger partial charge in [0, 0.05) is 17.5 Å². The molecule has 6 nitrogen and oxygen atoms in total. The number of anilines is 2. The van der Waals surface area contributed by atoms with Crippen molar-refractivity contribution >= 4 is 29.4 Å². The van der Waals surface area contributed by atoms with Crippen molar-refractivity contribution < 1.29 is 19.4 Å². The van der Waals surface area contributed by atoms with E-state index in [-0.39, 0.29) is 11.3 Å². The van der Waals surface area contributed by atoms with Crippen LogP contribution in [0.4, 0.5) is 11.4 Å². The average Bonchev–Trinajstić information content (AvgIpc) is 3.40. The molecule has 9 atom stereocenters. The van der Waals surface area contributed by atoms with Crippen molar-refractivity contribution in [1.82, 2.24) is 0 Å². The second-order valence-electron chi connectivity index (χ2n) is 17.3. The van der Waals surface area contributed by atoms with E-state index in [1.165, 1.54) is 70.3 Å². The van der Waals surface area contributed by atoms with E-state index in [1.807, 2.05) is 12.1 Å². The number of esters is 1. The molecule has 0 radical (unpaired) electrons. The van der Waals surface area contributed by atoms with Crippen LogP contribution in [-0.4, -0.2) is 17.0 Å². The van der Waals surface area contributed by atoms with E-state index in [2.05, 4.69) is 40.7 Å². The minimum Gasteiger partial charge on any atom is -0.478 e. The summed E-state index contributed by atoms with van der Waals surface area (Å²) < 4.78 is 6.22. The number of aliphatic carboxylic acids is 1. The molecule has 0 amide bonds. The van der Waals surface area contributed by atoms with Gasteiger partial charge in [-0.05, 0) is 157 Å². The quantitative estimate of drug-likeness (QED) is 0.100. The molecule has 4 aliphatic rings. The molecule has 4 saturated carbocycles. The summed E-state index contributed by atoms with van der Waals surface area (Å²) in [6.45, 7) is 12.5. The summed E-state index contributed by atoms with van der Waals surface area (Å²) in [5, 5.41) is 9.40. The van der Waals surface area contributed by atoms with Gasteiger partial charge >= 0.3 is 11.9 Å². The number of nitrogens with two attached hydrogens (primary N) is 2. The van der Waals surface area contributed by atoms with Crippen molar-refractivity contribution in [2.24, 2.45) is 52.3 Å². The molecule has 2 aromatic carbocycles. The number of ether oxygens (including phenoxy) is 1. The molecule has 0 aromatic heterocycles. The van der Waals surface area contributed by atoms with E-state index in [4.69, 9.17) is 16.2 Å². The highest BCUT2D eigenvalue weighted by Gasteiger charge is 2.62. The Balaban J connectivity index is 1.33. The summed E-state index contributed by atoms with van der Waals surface area (Å²) in [5.41, 5.74) is 15.5. The highest BCUT2D eigenvalue weighted by molar-refractivity contribution is 5.93. The Labute approximate surface area is 294 Å². The normalized spacial score (nSPS) is 33.1. The largest absolute Gasteiger partial charge is 0.478 e. The molecule has 2 unspecified atom stereocenters. The van der Waals surface area contributed by atoms with Crippen LogP contribution in [0.15, 0.2) is 42.5 Å². The van der Waals surface area contributed by atoms with E-state index >= 15 is 0 Å². The van der Waals surface area contributed by atoms with Gasteiger partial charge in [0.25, 0.3) is 0 Å². The molecule has 2 aromatic rings. The highest BCUT2D eigenvalue weighted by Crippen LogP contribution is 2.71. The van der Waals surface area contributed by atoms with Crippen LogP contribution >= 0.6 is 0 Å². The minimum atomic E-state index is -0.981. The van der Waals surface area contributed by atoms with Crippen molar-refractivity contribution in [2.75, 3.05) is 11.5 Å². The number of carbonyl (C=O) groups is 2. The first kappa shape index (κ1) is 35.5. The smallest absolute Gasteiger partial charge is 0.343 e. The van der Waals surface area contributed by atoms with Crippen LogP contribution < -0.4 is 16.2 Å². The maximum absolute atomic E-state index is 13.6. The van der Waals surface area contributed by atoms with Crippen molar-refractivity contribution in [1.29, 1.82) is 0 Å². The van der Waals surface area contributed by atoms with Gasteiger partial charge in [0.1, 0.15) is 5.75 Å². The Bertz CT molecular complexity index is 1540. The van der Waals surface area contributed by atoms with Crippen molar-refractivity contribution in [3.8, 4) is 5.75 Å². The SMILES string of the molecule is CC(C)CCC[C@@H](C)[C@H]1CC[C@H]2[C@@H]3CCC4CCCC(c5cc(C=CC(=O)O)ccc5OC(=O)c5cc(N)cc(N)c5)[C@]4(C)[C@H]3CC[C@]12C. The monoisotopic (exact) mass is 668 g/mol. The lowest BCUT2D eigenvalue weighted by molar-refractivity contribution is -0.131. The molecule has 0 saturated heterocycles. The summed E-state index contributed by atoms with van der Waals surface area (Å²) in [6.07, 6.45) is 18.2. The number of hydrogen-bond donors (Lipinski definition) is 3. The molecule has 0 aliphatic heterocycles. The molecule has 0 spiro atoms. The van der Waals surface area contributed by atoms with Gasteiger partial charge in [-0.1, -0.05) is 66.4 Å². The molecule has 0 heterocycles. The second-order valence-corrected chi connectivity index (χ2v) is 17.3. The fourth-order valence-electron chi connectivity index (χ4n) is 12.0. The fourth-order valence-corrected chi connectivity index (χ4v) is 12.0. The van der Waals surface area contributed by atoms with Gasteiger partial charge in [0.15, 0.2) is 0 Å². The zero-order valence-corrected chi connectivity index (χ0v) is 30.5. The number of rotatable bonds is 10. The van der Waals surface area contributed by atoms with E-state index in [0.717, 1.165) is 53.6 Å². The lowest BCUT2D eigenvalue weighted by atomic mass is 9.42. The van der Waals surface area contributed by atoms with Gasteiger partial charge in [-0.3, -0.25) is 0 Å². The van der Waals surface area contributed by atoms with Gasteiger partial charge in [0.05, 0.1) is 5.56 Å². The summed E-state index contributed by atoms with van der Waals surface area (Å²) in [7, 11) is 0. The van der Waals surface area contributed by atoms with Gasteiger partial charge < -0.3 is 21.3 Å². The zero-order chi connectivity index (χ0) is 35.1. The lowest BCUT2D eigenvalue weighted by Crippen LogP contribution is -2.55. The maximum atomic E-state index is 13.6. The van der Waals surface area contributed by atoms with Crippen LogP contribution in [0, 0.1) is 52.3 Å². The Morgan fingerprint density at radius 1 is 0.918 bits per heavy atom. The van der Waals surface area contributed by atoms with Gasteiger partial charge in [-0.2, -0.15) is 0 Å². The van der Waals surface area contributed by atoms with Crippen LogP contribution in [0.1, 0.15) is 139 Å². The Morgan fingerprint density at radius 2 is 1.67 bits per heavy atom. The predicted octanol–water partition coefficient (Wildman–Crippen LogP) is 10.4. The topological polar surface area (TPSA) is 116 Å². The zero-order valence-electron chi connectivity index (χ0n) is 30.5. The van der Waals surface area contributed by atoms with Crippen LogP contribution in [0.25, 0.3) is 6.08 Å². The number of carbonyl (C=O) groups excluding carboxylic acids is 1. The van der Waals surface area contributed by atoms with Crippen LogP contribution in [0.5, 0.6) is 5.75 Å². The van der Waals surface area contributed by atoms with Crippen LogP contribution in [0.2, 0.25) is 0 Å². The Hall–Kier alpha value is -3.28. The number of carboxylic acid groups (broad SMARTS) is 1. The van der Waals surface area contributed by atoms with Crippen molar-refractivity contribution in [2.45, 2.75) is 118 Å². The Morgan fingerprint density at radius 3 is 2.39 bits per heavy atom. The summed E-state index contributed by atoms with van der Waals surface area (Å²) in [4.78, 5) is 25.0. The first-order valence-electron chi connectivity index (χ1n) is 19.2. The number of carboxylic acids is 1. The summed E-state index contributed by atoms with van der Waals surface area (Å²) in [6, 6.07) is 10.6. The van der Waals surface area contributed by atoms with E-state index < -0.39 is 11.9 Å². The first-order valence-corrected chi connectivity index (χ1v) is 19.2. The molecule has 266 valence electrons. The molecule has 4 aliphatic carbocycles. The summed E-state index contributed by atoms with van der Waals surface area (Å²) in [5.74, 6) is 4.45. The van der Waals surface area contributed by atoms with E-state index in [0.29, 0.717) is 39.9 Å². The predicted molar refractivity (Wildman–Crippen MR) is 199 cm³/mol. The highest BCUT2D eigenvalue weighted by atomic mass is 16.5. The molecule has 5 N–H and O–H groups in total. The molecule has 0 bridgehead atoms. The number of hydrogen-bond acceptors (Lipinski definition) is 5. The van der Waals surface area contributed by atoms with Gasteiger partial charge in [-0.25, -0.2) is 9.59 Å². The first-order chi connectivity index (χ1) is 23.3. The molecular weight excluding hydrogens is 608 g/mol. The Kier molecular flexibility index (Phi) is 10.3. The second kappa shape index (κ2) is 14.2. The van der Waals surface area contributed by atoms with E-state index in [9.17, 15) is 14.7 Å². The van der Waals surface area contributed by atoms with Crippen molar-refractivity contribution in [3.05, 3.63) is 59.2 Å². The van der Waals surface area contributed by atoms with Crippen LogP contribution in [-0.2, 0) is 4.79 Å². The van der Waals surface area contributed by atoms with Crippen molar-refractivity contribution in [3.63, 3.8) is 0 Å². The molecule has 6 rings (SSSR count). The van der Waals surface area contributed by atoms with E-state index in [1.54, 1.807) is 24.3 Å². The standard InChI is InChI=1S/C43H60N2O4/c1-26(2)8-6-9-27(3)35-16-17-36-33-15-14-30-10-7-11-37(43(30,5)38(33)20-21-42(35,36)4)34-22-28(13-19-40(46)47)12-18-39(34)49-41(48)29-23-31(44)25-32(45)24-29/h12-13,18-19,22-27,30,33,35-38H,6-11,14-17,20-21,44-45H2,1-5H3,(H,46,47)/t27-,30?,33+,35-,36+,37?,38+,42-,43-/m1/s1. The third-order valence-corrected chi connectivity index (χ3v) is 14.2. The lowest BCUT2D eigenvalue weighted by Gasteiger charge is -2.63.